The van der Waals surface area contributed by atoms with Crippen LogP contribution in [0.3, 0.4) is 0 Å². The van der Waals surface area contributed by atoms with E-state index in [1.54, 1.807) is 25.1 Å². The van der Waals surface area contributed by atoms with Gasteiger partial charge in [0.05, 0.1) is 10.5 Å². The highest BCUT2D eigenvalue weighted by Crippen LogP contribution is 2.23. The molecule has 0 aliphatic carbocycles. The van der Waals surface area contributed by atoms with Crippen LogP contribution in [-0.4, -0.2) is 45.0 Å². The third-order valence-corrected chi connectivity index (χ3v) is 6.69. The molecule has 1 aliphatic rings. The number of nitrogens with zero attached hydrogens (tertiary/aromatic N) is 1. The monoisotopic (exact) mass is 421 g/mol. The molecule has 2 aromatic rings. The van der Waals surface area contributed by atoms with Crippen LogP contribution in [0, 0.1) is 12.7 Å². The van der Waals surface area contributed by atoms with Crippen molar-refractivity contribution in [3.8, 4) is 5.75 Å². The van der Waals surface area contributed by atoms with Crippen LogP contribution in [0.1, 0.15) is 35.2 Å². The minimum Gasteiger partial charge on any atom is -0.487 e. The van der Waals surface area contributed by atoms with Crippen molar-refractivity contribution < 1.29 is 27.1 Å². The molecule has 0 N–H and O–H groups in total. The molecular weight excluding hydrogens is 397 g/mol. The van der Waals surface area contributed by atoms with Crippen LogP contribution in [0.5, 0.6) is 5.75 Å². The van der Waals surface area contributed by atoms with E-state index in [2.05, 4.69) is 0 Å². The quantitative estimate of drug-likeness (QED) is 0.505. The van der Waals surface area contributed by atoms with Gasteiger partial charge in [-0.1, -0.05) is 24.6 Å². The molecule has 0 atom stereocenters. The van der Waals surface area contributed by atoms with Gasteiger partial charge in [-0.3, -0.25) is 0 Å². The maximum absolute atomic E-state index is 13.5. The van der Waals surface area contributed by atoms with Crippen molar-refractivity contribution in [2.24, 2.45) is 0 Å². The van der Waals surface area contributed by atoms with E-state index in [1.165, 1.54) is 28.6 Å². The Morgan fingerprint density at radius 3 is 2.52 bits per heavy atom. The maximum atomic E-state index is 13.5. The predicted molar refractivity (Wildman–Crippen MR) is 106 cm³/mol. The lowest BCUT2D eigenvalue weighted by molar-refractivity contribution is 0.0447. The number of piperidine rings is 1. The SMILES string of the molecule is Cc1ccc(S(=O)(=O)N2CCCCC2)cc1C(=O)OCCOc1ccccc1F. The maximum Gasteiger partial charge on any atom is 0.338 e. The van der Waals surface area contributed by atoms with Crippen molar-refractivity contribution in [1.29, 1.82) is 0 Å². The minimum absolute atomic E-state index is 0.0164. The molecule has 0 spiro atoms. The molecule has 0 unspecified atom stereocenters. The molecule has 156 valence electrons. The lowest BCUT2D eigenvalue weighted by Crippen LogP contribution is -2.35. The van der Waals surface area contributed by atoms with Gasteiger partial charge in [-0.25, -0.2) is 17.6 Å². The Kier molecular flexibility index (Phi) is 6.87. The topological polar surface area (TPSA) is 72.9 Å². The molecule has 8 heteroatoms. The van der Waals surface area contributed by atoms with Gasteiger partial charge >= 0.3 is 5.97 Å². The average molecular weight is 421 g/mol. The number of carbonyl (C=O) groups excluding carboxylic acids is 1. The second-order valence-electron chi connectivity index (χ2n) is 6.86. The molecule has 29 heavy (non-hydrogen) atoms. The van der Waals surface area contributed by atoms with Crippen molar-refractivity contribution in [3.63, 3.8) is 0 Å². The lowest BCUT2D eigenvalue weighted by Gasteiger charge is -2.26. The molecule has 6 nitrogen and oxygen atoms in total. The fourth-order valence-electron chi connectivity index (χ4n) is 3.16. The highest BCUT2D eigenvalue weighted by atomic mass is 32.2. The van der Waals surface area contributed by atoms with Crippen LogP contribution in [0.25, 0.3) is 0 Å². The van der Waals surface area contributed by atoms with Gasteiger partial charge in [-0.15, -0.1) is 0 Å². The summed E-state index contributed by atoms with van der Waals surface area (Å²) in [5, 5.41) is 0. The largest absolute Gasteiger partial charge is 0.487 e. The molecule has 0 amide bonds. The van der Waals surface area contributed by atoms with Gasteiger partial charge < -0.3 is 9.47 Å². The number of carbonyl (C=O) groups is 1. The zero-order chi connectivity index (χ0) is 20.9. The second kappa shape index (κ2) is 9.37. The number of ether oxygens (including phenoxy) is 2. The molecule has 1 fully saturated rings. The zero-order valence-electron chi connectivity index (χ0n) is 16.3. The summed E-state index contributed by atoms with van der Waals surface area (Å²) >= 11 is 0. The predicted octanol–water partition coefficient (Wildman–Crippen LogP) is 3.54. The first-order valence-corrected chi connectivity index (χ1v) is 11.0. The standard InChI is InChI=1S/C21H24FNO5S/c1-16-9-10-17(29(25,26)23-11-5-2-6-12-23)15-18(16)21(24)28-14-13-27-20-8-4-3-7-19(20)22/h3-4,7-10,15H,2,5-6,11-14H2,1H3. The van der Waals surface area contributed by atoms with Crippen molar-refractivity contribution >= 4 is 16.0 Å². The normalized spacial score (nSPS) is 15.1. The summed E-state index contributed by atoms with van der Waals surface area (Å²) in [5.74, 6) is -1.06. The number of hydrogen-bond donors (Lipinski definition) is 0. The Morgan fingerprint density at radius 2 is 1.79 bits per heavy atom. The molecule has 2 aromatic carbocycles. The Hall–Kier alpha value is -2.45. The van der Waals surface area contributed by atoms with E-state index in [-0.39, 0.29) is 29.4 Å². The molecular formula is C21H24FNO5S. The van der Waals surface area contributed by atoms with E-state index in [0.717, 1.165) is 19.3 Å². The van der Waals surface area contributed by atoms with E-state index in [4.69, 9.17) is 9.47 Å². The number of esters is 1. The highest BCUT2D eigenvalue weighted by Gasteiger charge is 2.27. The van der Waals surface area contributed by atoms with E-state index in [9.17, 15) is 17.6 Å². The minimum atomic E-state index is -3.64. The van der Waals surface area contributed by atoms with E-state index >= 15 is 0 Å². The van der Waals surface area contributed by atoms with Crippen molar-refractivity contribution in [2.75, 3.05) is 26.3 Å². The second-order valence-corrected chi connectivity index (χ2v) is 8.79. The van der Waals surface area contributed by atoms with Crippen molar-refractivity contribution in [3.05, 3.63) is 59.4 Å². The van der Waals surface area contributed by atoms with Crippen LogP contribution in [0.2, 0.25) is 0 Å². The molecule has 1 heterocycles. The third-order valence-electron chi connectivity index (χ3n) is 4.79. The summed E-state index contributed by atoms with van der Waals surface area (Å²) in [5.41, 5.74) is 0.802. The van der Waals surface area contributed by atoms with Crippen LogP contribution < -0.4 is 4.74 Å². The Morgan fingerprint density at radius 1 is 1.07 bits per heavy atom. The van der Waals surface area contributed by atoms with Gasteiger partial charge in [0.25, 0.3) is 0 Å². The molecule has 3 rings (SSSR count). The summed E-state index contributed by atoms with van der Waals surface area (Å²) in [6, 6.07) is 10.4. The number of aryl methyl sites for hydroxylation is 1. The van der Waals surface area contributed by atoms with Gasteiger partial charge in [-0.05, 0) is 49.6 Å². The number of sulfonamides is 1. The Labute approximate surface area is 170 Å². The molecule has 1 saturated heterocycles. The van der Waals surface area contributed by atoms with Gasteiger partial charge in [0.15, 0.2) is 11.6 Å². The summed E-state index contributed by atoms with van der Waals surface area (Å²) in [6.45, 7) is 2.59. The zero-order valence-corrected chi connectivity index (χ0v) is 17.1. The molecule has 1 aliphatic heterocycles. The molecule has 0 aromatic heterocycles. The van der Waals surface area contributed by atoms with Gasteiger partial charge in [0.2, 0.25) is 10.0 Å². The van der Waals surface area contributed by atoms with Crippen LogP contribution in [0.15, 0.2) is 47.4 Å². The van der Waals surface area contributed by atoms with Crippen molar-refractivity contribution in [1.82, 2.24) is 4.31 Å². The van der Waals surface area contributed by atoms with Gasteiger partial charge in [0, 0.05) is 13.1 Å². The van der Waals surface area contributed by atoms with E-state index < -0.39 is 21.8 Å². The Balaban J connectivity index is 1.64. The summed E-state index contributed by atoms with van der Waals surface area (Å²) in [7, 11) is -3.64. The first-order chi connectivity index (χ1) is 13.9. The summed E-state index contributed by atoms with van der Waals surface area (Å²) < 4.78 is 51.1. The third kappa shape index (κ3) is 5.13. The summed E-state index contributed by atoms with van der Waals surface area (Å²) in [6.07, 6.45) is 2.69. The fourth-order valence-corrected chi connectivity index (χ4v) is 4.71. The molecule has 0 radical (unpaired) electrons. The number of benzene rings is 2. The average Bonchev–Trinajstić information content (AvgIpc) is 2.73. The number of rotatable bonds is 7. The smallest absolute Gasteiger partial charge is 0.338 e. The number of para-hydroxylation sites is 1. The molecule has 0 bridgehead atoms. The highest BCUT2D eigenvalue weighted by molar-refractivity contribution is 7.89. The van der Waals surface area contributed by atoms with E-state index in [1.807, 2.05) is 0 Å². The number of hydrogen-bond acceptors (Lipinski definition) is 5. The van der Waals surface area contributed by atoms with Crippen molar-refractivity contribution in [2.45, 2.75) is 31.1 Å². The van der Waals surface area contributed by atoms with Gasteiger partial charge in [-0.2, -0.15) is 4.31 Å². The number of halogens is 1. The molecule has 0 saturated carbocycles. The Bertz CT molecular complexity index is 971. The fraction of sp³-hybridized carbons (Fsp3) is 0.381. The van der Waals surface area contributed by atoms with Crippen LogP contribution in [0.4, 0.5) is 4.39 Å². The summed E-state index contributed by atoms with van der Waals surface area (Å²) in [4.78, 5) is 12.5. The van der Waals surface area contributed by atoms with E-state index in [0.29, 0.717) is 18.7 Å². The first kappa shape index (κ1) is 21.3. The first-order valence-electron chi connectivity index (χ1n) is 9.55. The van der Waals surface area contributed by atoms with Crippen LogP contribution >= 0.6 is 0 Å². The lowest BCUT2D eigenvalue weighted by atomic mass is 10.1. The van der Waals surface area contributed by atoms with Gasteiger partial charge in [0.1, 0.15) is 13.2 Å². The van der Waals surface area contributed by atoms with Crippen LogP contribution in [-0.2, 0) is 14.8 Å².